The van der Waals surface area contributed by atoms with Gasteiger partial charge in [-0.2, -0.15) is 0 Å². The first-order valence-electron chi connectivity index (χ1n) is 7.57. The standard InChI is InChI=1S/C17H11N3O5S2/c18-27(23,24)12-3-1-2-9(5-12)13-8-19-7-10-4-11(25-15(10)13)6-14-16(21)20-17(22)26-14/h1-8H,(H2,18,23,24)(H,20,21,22). The number of pyridine rings is 1. The second-order valence-electron chi connectivity index (χ2n) is 5.68. The Kier molecular flexibility index (Phi) is 4.10. The molecule has 1 fully saturated rings. The number of fused-ring (bicyclic) bond motifs is 1. The lowest BCUT2D eigenvalue weighted by Gasteiger charge is -2.04. The highest BCUT2D eigenvalue weighted by molar-refractivity contribution is 8.18. The van der Waals surface area contributed by atoms with Gasteiger partial charge in [-0.15, -0.1) is 0 Å². The number of thioether (sulfide) groups is 1. The maximum absolute atomic E-state index is 11.7. The molecule has 0 atom stereocenters. The molecular formula is C17H11N3O5S2. The van der Waals surface area contributed by atoms with Gasteiger partial charge in [0.1, 0.15) is 11.3 Å². The Hall–Kier alpha value is -2.95. The number of nitrogens with zero attached hydrogens (tertiary/aromatic N) is 1. The number of hydrogen-bond donors (Lipinski definition) is 2. The summed E-state index contributed by atoms with van der Waals surface area (Å²) in [5.74, 6) is -0.112. The first kappa shape index (κ1) is 17.5. The van der Waals surface area contributed by atoms with Gasteiger partial charge in [0.15, 0.2) is 0 Å². The third kappa shape index (κ3) is 3.37. The summed E-state index contributed by atoms with van der Waals surface area (Å²) in [4.78, 5) is 27.3. The van der Waals surface area contributed by atoms with Crippen LogP contribution in [0.1, 0.15) is 5.76 Å². The van der Waals surface area contributed by atoms with Crippen LogP contribution < -0.4 is 10.5 Å². The van der Waals surface area contributed by atoms with Crippen molar-refractivity contribution in [3.8, 4) is 11.1 Å². The van der Waals surface area contributed by atoms with Crippen LogP contribution in [0.5, 0.6) is 0 Å². The normalized spacial score (nSPS) is 16.3. The smallest absolute Gasteiger partial charge is 0.290 e. The summed E-state index contributed by atoms with van der Waals surface area (Å²) in [5, 5.41) is 7.59. The molecule has 1 aromatic carbocycles. The van der Waals surface area contributed by atoms with E-state index in [1.54, 1.807) is 30.6 Å². The third-order valence-electron chi connectivity index (χ3n) is 3.83. The van der Waals surface area contributed by atoms with Crippen molar-refractivity contribution in [2.24, 2.45) is 5.14 Å². The van der Waals surface area contributed by atoms with E-state index < -0.39 is 21.2 Å². The summed E-state index contributed by atoms with van der Waals surface area (Å²) >= 11 is 0.789. The van der Waals surface area contributed by atoms with Crippen LogP contribution in [0, 0.1) is 0 Å². The molecule has 0 aliphatic carbocycles. The lowest BCUT2D eigenvalue weighted by molar-refractivity contribution is -0.115. The van der Waals surface area contributed by atoms with Crippen LogP contribution in [-0.4, -0.2) is 24.5 Å². The predicted octanol–water partition coefficient (Wildman–Crippen LogP) is 2.47. The predicted molar refractivity (Wildman–Crippen MR) is 99.9 cm³/mol. The molecular weight excluding hydrogens is 390 g/mol. The van der Waals surface area contributed by atoms with Gasteiger partial charge in [-0.3, -0.25) is 19.9 Å². The molecule has 0 spiro atoms. The molecule has 2 amide bonds. The van der Waals surface area contributed by atoms with Gasteiger partial charge in [-0.25, -0.2) is 13.6 Å². The number of primary sulfonamides is 1. The number of sulfonamides is 1. The lowest BCUT2D eigenvalue weighted by Crippen LogP contribution is -2.17. The van der Waals surface area contributed by atoms with E-state index in [0.717, 1.165) is 11.8 Å². The number of carbonyl (C=O) groups excluding carboxylic acids is 2. The second kappa shape index (κ2) is 6.34. The summed E-state index contributed by atoms with van der Waals surface area (Å²) in [6, 6.07) is 7.80. The Bertz CT molecular complexity index is 1240. The zero-order valence-corrected chi connectivity index (χ0v) is 15.1. The molecule has 0 radical (unpaired) electrons. The van der Waals surface area contributed by atoms with Crippen molar-refractivity contribution in [1.82, 2.24) is 10.3 Å². The van der Waals surface area contributed by atoms with Crippen LogP contribution in [-0.2, 0) is 14.8 Å². The number of amides is 2. The quantitative estimate of drug-likeness (QED) is 0.644. The molecule has 8 nitrogen and oxygen atoms in total. The number of aromatic nitrogens is 1. The Balaban J connectivity index is 1.82. The molecule has 2 aromatic heterocycles. The van der Waals surface area contributed by atoms with Crippen LogP contribution in [0.3, 0.4) is 0 Å². The first-order chi connectivity index (χ1) is 12.8. The molecule has 4 rings (SSSR count). The van der Waals surface area contributed by atoms with Crippen LogP contribution in [0.15, 0.2) is 56.9 Å². The fourth-order valence-corrected chi connectivity index (χ4v) is 3.87. The molecule has 0 bridgehead atoms. The molecule has 0 saturated carbocycles. The second-order valence-corrected chi connectivity index (χ2v) is 8.26. The van der Waals surface area contributed by atoms with Crippen molar-refractivity contribution in [3.05, 3.63) is 53.4 Å². The highest BCUT2D eigenvalue weighted by atomic mass is 32.2. The number of imide groups is 1. The Morgan fingerprint density at radius 1 is 1.19 bits per heavy atom. The number of carbonyl (C=O) groups is 2. The average Bonchev–Trinajstić information content (AvgIpc) is 3.16. The Morgan fingerprint density at radius 3 is 2.70 bits per heavy atom. The van der Waals surface area contributed by atoms with Gasteiger partial charge in [0, 0.05) is 29.4 Å². The molecule has 3 N–H and O–H groups in total. The highest BCUT2D eigenvalue weighted by Gasteiger charge is 2.25. The van der Waals surface area contributed by atoms with E-state index in [9.17, 15) is 18.0 Å². The molecule has 10 heteroatoms. The summed E-state index contributed by atoms with van der Waals surface area (Å²) in [7, 11) is -3.85. The van der Waals surface area contributed by atoms with E-state index in [4.69, 9.17) is 9.56 Å². The fraction of sp³-hybridized carbons (Fsp3) is 0. The van der Waals surface area contributed by atoms with Crippen molar-refractivity contribution in [2.75, 3.05) is 0 Å². The van der Waals surface area contributed by atoms with E-state index in [2.05, 4.69) is 10.3 Å². The summed E-state index contributed by atoms with van der Waals surface area (Å²) < 4.78 is 29.0. The van der Waals surface area contributed by atoms with Crippen LogP contribution in [0.2, 0.25) is 0 Å². The number of furan rings is 1. The van der Waals surface area contributed by atoms with E-state index in [1.807, 2.05) is 0 Å². The molecule has 1 aliphatic heterocycles. The zero-order valence-electron chi connectivity index (χ0n) is 13.5. The lowest BCUT2D eigenvalue weighted by atomic mass is 10.1. The van der Waals surface area contributed by atoms with Crippen LogP contribution in [0.25, 0.3) is 28.2 Å². The van der Waals surface area contributed by atoms with Gasteiger partial charge in [0.25, 0.3) is 11.1 Å². The zero-order chi connectivity index (χ0) is 19.2. The maximum Gasteiger partial charge on any atom is 0.290 e. The molecule has 1 aliphatic rings. The maximum atomic E-state index is 11.7. The minimum atomic E-state index is -3.85. The van der Waals surface area contributed by atoms with Gasteiger partial charge in [0.05, 0.1) is 9.80 Å². The van der Waals surface area contributed by atoms with Crippen LogP contribution in [0.4, 0.5) is 4.79 Å². The van der Waals surface area contributed by atoms with Gasteiger partial charge >= 0.3 is 0 Å². The first-order valence-corrected chi connectivity index (χ1v) is 9.93. The molecule has 3 aromatic rings. The molecule has 1 saturated heterocycles. The molecule has 0 unspecified atom stereocenters. The van der Waals surface area contributed by atoms with Crippen molar-refractivity contribution in [2.45, 2.75) is 4.90 Å². The average molecular weight is 401 g/mol. The largest absolute Gasteiger partial charge is 0.456 e. The van der Waals surface area contributed by atoms with E-state index in [1.165, 1.54) is 18.2 Å². The highest BCUT2D eigenvalue weighted by Crippen LogP contribution is 2.33. The molecule has 27 heavy (non-hydrogen) atoms. The number of nitrogens with two attached hydrogens (primary N) is 1. The number of hydrogen-bond acceptors (Lipinski definition) is 7. The van der Waals surface area contributed by atoms with E-state index in [0.29, 0.717) is 27.9 Å². The molecule has 136 valence electrons. The summed E-state index contributed by atoms with van der Waals surface area (Å²) in [5.41, 5.74) is 1.61. The number of nitrogens with one attached hydrogen (secondary N) is 1. The SMILES string of the molecule is NS(=O)(=O)c1cccc(-c2cncc3cc(C=C4SC(=O)NC4=O)oc23)c1. The fourth-order valence-electron chi connectivity index (χ4n) is 2.65. The minimum absolute atomic E-state index is 0.0246. The summed E-state index contributed by atoms with van der Waals surface area (Å²) in [6.07, 6.45) is 4.60. The van der Waals surface area contributed by atoms with Crippen molar-refractivity contribution in [3.63, 3.8) is 0 Å². The van der Waals surface area contributed by atoms with Gasteiger partial charge < -0.3 is 4.42 Å². The van der Waals surface area contributed by atoms with Crippen molar-refractivity contribution >= 4 is 50.0 Å². The van der Waals surface area contributed by atoms with Crippen molar-refractivity contribution < 1.29 is 22.4 Å². The van der Waals surface area contributed by atoms with Gasteiger partial charge in [-0.1, -0.05) is 12.1 Å². The topological polar surface area (TPSA) is 132 Å². The Morgan fingerprint density at radius 2 is 2.00 bits per heavy atom. The van der Waals surface area contributed by atoms with Gasteiger partial charge in [-0.05, 0) is 35.5 Å². The van der Waals surface area contributed by atoms with Gasteiger partial charge in [0.2, 0.25) is 10.0 Å². The Labute approximate surface area is 157 Å². The third-order valence-corrected chi connectivity index (χ3v) is 5.55. The molecule has 3 heterocycles. The monoisotopic (exact) mass is 401 g/mol. The van der Waals surface area contributed by atoms with Crippen LogP contribution >= 0.6 is 11.8 Å². The number of rotatable bonds is 3. The van der Waals surface area contributed by atoms with E-state index >= 15 is 0 Å². The summed E-state index contributed by atoms with van der Waals surface area (Å²) in [6.45, 7) is 0. The minimum Gasteiger partial charge on any atom is -0.456 e. The number of benzene rings is 1. The van der Waals surface area contributed by atoms with E-state index in [-0.39, 0.29) is 9.80 Å². The van der Waals surface area contributed by atoms with Crippen molar-refractivity contribution in [1.29, 1.82) is 0 Å².